The smallest absolute Gasteiger partial charge is 0.223 e. The predicted molar refractivity (Wildman–Crippen MR) is 69.7 cm³/mol. The standard InChI is InChI=1S/C13H17NO2S/c15-8-11-3-1-2-10(4-11)6-14-7-12(9-17)5-13(14)16/h1-4,12,15,17H,5-9H2. The molecule has 1 N–H and O–H groups in total. The van der Waals surface area contributed by atoms with Crippen LogP contribution in [0.25, 0.3) is 0 Å². The van der Waals surface area contributed by atoms with Crippen molar-refractivity contribution in [2.45, 2.75) is 19.6 Å². The number of likely N-dealkylation sites (tertiary alicyclic amines) is 1. The summed E-state index contributed by atoms with van der Waals surface area (Å²) in [5.41, 5.74) is 1.96. The Kier molecular flexibility index (Phi) is 4.07. The quantitative estimate of drug-likeness (QED) is 0.795. The Bertz CT molecular complexity index is 408. The lowest BCUT2D eigenvalue weighted by molar-refractivity contribution is -0.128. The number of hydrogen-bond acceptors (Lipinski definition) is 3. The van der Waals surface area contributed by atoms with E-state index in [0.717, 1.165) is 23.4 Å². The molecule has 1 amide bonds. The van der Waals surface area contributed by atoms with E-state index in [1.165, 1.54) is 0 Å². The van der Waals surface area contributed by atoms with Crippen LogP contribution in [0.2, 0.25) is 0 Å². The summed E-state index contributed by atoms with van der Waals surface area (Å²) < 4.78 is 0. The number of aliphatic hydroxyl groups is 1. The molecule has 1 aliphatic heterocycles. The molecular weight excluding hydrogens is 234 g/mol. The maximum atomic E-state index is 11.7. The largest absolute Gasteiger partial charge is 0.392 e. The molecular formula is C13H17NO2S. The molecule has 1 aromatic rings. The number of rotatable bonds is 4. The van der Waals surface area contributed by atoms with Crippen molar-refractivity contribution in [1.82, 2.24) is 4.90 Å². The second-order valence-electron chi connectivity index (χ2n) is 4.51. The van der Waals surface area contributed by atoms with Gasteiger partial charge in [-0.25, -0.2) is 0 Å². The third-order valence-electron chi connectivity index (χ3n) is 3.10. The molecule has 1 aromatic carbocycles. The van der Waals surface area contributed by atoms with E-state index in [1.54, 1.807) is 0 Å². The van der Waals surface area contributed by atoms with Gasteiger partial charge in [0, 0.05) is 19.5 Å². The fourth-order valence-corrected chi connectivity index (χ4v) is 2.42. The first-order valence-corrected chi connectivity index (χ1v) is 6.43. The monoisotopic (exact) mass is 251 g/mol. The summed E-state index contributed by atoms with van der Waals surface area (Å²) in [5.74, 6) is 1.35. The molecule has 1 heterocycles. The normalized spacial score (nSPS) is 20.0. The highest BCUT2D eigenvalue weighted by Gasteiger charge is 2.28. The third-order valence-corrected chi connectivity index (χ3v) is 3.62. The maximum Gasteiger partial charge on any atom is 0.223 e. The Hall–Kier alpha value is -1.00. The van der Waals surface area contributed by atoms with Gasteiger partial charge in [-0.1, -0.05) is 24.3 Å². The summed E-state index contributed by atoms with van der Waals surface area (Å²) in [6, 6.07) is 7.73. The number of amides is 1. The Balaban J connectivity index is 2.03. The van der Waals surface area contributed by atoms with E-state index in [2.05, 4.69) is 12.6 Å². The van der Waals surface area contributed by atoms with Gasteiger partial charge in [-0.3, -0.25) is 4.79 Å². The predicted octanol–water partition coefficient (Wildman–Crippen LogP) is 1.46. The molecule has 0 bridgehead atoms. The Labute approximate surface area is 107 Å². The number of benzene rings is 1. The maximum absolute atomic E-state index is 11.7. The molecule has 0 aliphatic carbocycles. The molecule has 0 saturated carbocycles. The molecule has 1 aliphatic rings. The van der Waals surface area contributed by atoms with Gasteiger partial charge in [0.2, 0.25) is 5.91 Å². The Morgan fingerprint density at radius 1 is 1.41 bits per heavy atom. The molecule has 2 rings (SSSR count). The van der Waals surface area contributed by atoms with Crippen LogP contribution in [0.4, 0.5) is 0 Å². The first-order chi connectivity index (χ1) is 8.22. The number of hydrogen-bond donors (Lipinski definition) is 2. The van der Waals surface area contributed by atoms with Gasteiger partial charge in [0.1, 0.15) is 0 Å². The van der Waals surface area contributed by atoms with Gasteiger partial charge >= 0.3 is 0 Å². The summed E-state index contributed by atoms with van der Waals surface area (Å²) >= 11 is 4.24. The summed E-state index contributed by atoms with van der Waals surface area (Å²) in [5, 5.41) is 9.06. The van der Waals surface area contributed by atoms with Crippen molar-refractivity contribution < 1.29 is 9.90 Å². The molecule has 1 fully saturated rings. The van der Waals surface area contributed by atoms with Crippen LogP contribution >= 0.6 is 12.6 Å². The number of aliphatic hydroxyl groups excluding tert-OH is 1. The minimum absolute atomic E-state index is 0.0427. The van der Waals surface area contributed by atoms with E-state index < -0.39 is 0 Å². The van der Waals surface area contributed by atoms with Crippen LogP contribution in [0.15, 0.2) is 24.3 Å². The topological polar surface area (TPSA) is 40.5 Å². The van der Waals surface area contributed by atoms with Gasteiger partial charge in [-0.15, -0.1) is 0 Å². The summed E-state index contributed by atoms with van der Waals surface area (Å²) in [4.78, 5) is 13.6. The van der Waals surface area contributed by atoms with E-state index in [4.69, 9.17) is 5.11 Å². The Morgan fingerprint density at radius 3 is 2.82 bits per heavy atom. The fraction of sp³-hybridized carbons (Fsp3) is 0.462. The zero-order chi connectivity index (χ0) is 12.3. The van der Waals surface area contributed by atoms with Gasteiger partial charge in [0.05, 0.1) is 6.61 Å². The molecule has 1 unspecified atom stereocenters. The number of thiol groups is 1. The van der Waals surface area contributed by atoms with Crippen LogP contribution < -0.4 is 0 Å². The average molecular weight is 251 g/mol. The van der Waals surface area contributed by atoms with Crippen molar-refractivity contribution in [2.75, 3.05) is 12.3 Å². The molecule has 4 heteroatoms. The average Bonchev–Trinajstić information content (AvgIpc) is 2.70. The SMILES string of the molecule is O=C1CC(CS)CN1Cc1cccc(CO)c1. The molecule has 17 heavy (non-hydrogen) atoms. The zero-order valence-corrected chi connectivity index (χ0v) is 10.6. The van der Waals surface area contributed by atoms with Gasteiger partial charge in [0.25, 0.3) is 0 Å². The van der Waals surface area contributed by atoms with Crippen molar-refractivity contribution in [2.24, 2.45) is 5.92 Å². The van der Waals surface area contributed by atoms with Gasteiger partial charge < -0.3 is 10.0 Å². The second-order valence-corrected chi connectivity index (χ2v) is 4.87. The van der Waals surface area contributed by atoms with Crippen LogP contribution in [-0.2, 0) is 17.9 Å². The summed E-state index contributed by atoms with van der Waals surface area (Å²) in [7, 11) is 0. The lowest BCUT2D eigenvalue weighted by Crippen LogP contribution is -2.24. The van der Waals surface area contributed by atoms with E-state index >= 15 is 0 Å². The molecule has 1 saturated heterocycles. The van der Waals surface area contributed by atoms with Gasteiger partial charge in [0.15, 0.2) is 0 Å². The molecule has 92 valence electrons. The molecule has 3 nitrogen and oxygen atoms in total. The van der Waals surface area contributed by atoms with E-state index in [1.807, 2.05) is 29.2 Å². The fourth-order valence-electron chi connectivity index (χ4n) is 2.18. The zero-order valence-electron chi connectivity index (χ0n) is 9.67. The minimum Gasteiger partial charge on any atom is -0.392 e. The van der Waals surface area contributed by atoms with E-state index in [0.29, 0.717) is 18.9 Å². The van der Waals surface area contributed by atoms with Crippen molar-refractivity contribution in [3.05, 3.63) is 35.4 Å². The van der Waals surface area contributed by atoms with Crippen molar-refractivity contribution in [1.29, 1.82) is 0 Å². The summed E-state index contributed by atoms with van der Waals surface area (Å²) in [6.45, 7) is 1.48. The Morgan fingerprint density at radius 2 is 2.18 bits per heavy atom. The first kappa shape index (κ1) is 12.5. The highest BCUT2D eigenvalue weighted by Crippen LogP contribution is 2.21. The number of carbonyl (C=O) groups excluding carboxylic acids is 1. The van der Waals surface area contributed by atoms with Gasteiger partial charge in [-0.05, 0) is 22.8 Å². The van der Waals surface area contributed by atoms with Crippen molar-refractivity contribution in [3.8, 4) is 0 Å². The lowest BCUT2D eigenvalue weighted by atomic mass is 10.1. The lowest BCUT2D eigenvalue weighted by Gasteiger charge is -2.16. The van der Waals surface area contributed by atoms with Crippen LogP contribution in [0.3, 0.4) is 0 Å². The van der Waals surface area contributed by atoms with Crippen molar-refractivity contribution in [3.63, 3.8) is 0 Å². The van der Waals surface area contributed by atoms with Crippen LogP contribution in [0.1, 0.15) is 17.5 Å². The highest BCUT2D eigenvalue weighted by atomic mass is 32.1. The van der Waals surface area contributed by atoms with E-state index in [-0.39, 0.29) is 12.5 Å². The third kappa shape index (κ3) is 3.01. The number of carbonyl (C=O) groups is 1. The molecule has 1 atom stereocenters. The molecule has 0 spiro atoms. The summed E-state index contributed by atoms with van der Waals surface area (Å²) in [6.07, 6.45) is 0.614. The highest BCUT2D eigenvalue weighted by molar-refractivity contribution is 7.80. The first-order valence-electron chi connectivity index (χ1n) is 5.80. The molecule has 0 aromatic heterocycles. The van der Waals surface area contributed by atoms with Crippen LogP contribution in [0, 0.1) is 5.92 Å². The van der Waals surface area contributed by atoms with Crippen molar-refractivity contribution >= 4 is 18.5 Å². The number of nitrogens with zero attached hydrogens (tertiary/aromatic N) is 1. The van der Waals surface area contributed by atoms with Gasteiger partial charge in [-0.2, -0.15) is 12.6 Å². The van der Waals surface area contributed by atoms with Crippen LogP contribution in [-0.4, -0.2) is 28.2 Å². The second kappa shape index (κ2) is 5.56. The minimum atomic E-state index is 0.0427. The molecule has 0 radical (unpaired) electrons. The van der Waals surface area contributed by atoms with E-state index in [9.17, 15) is 4.79 Å². The van der Waals surface area contributed by atoms with Crippen LogP contribution in [0.5, 0.6) is 0 Å².